The highest BCUT2D eigenvalue weighted by molar-refractivity contribution is 6.32. The molecule has 80 valence electrons. The lowest BCUT2D eigenvalue weighted by Crippen LogP contribution is -2.22. The number of ether oxygens (including phenoxy) is 2. The van der Waals surface area contributed by atoms with Crippen molar-refractivity contribution in [1.29, 1.82) is 0 Å². The van der Waals surface area contributed by atoms with Crippen LogP contribution < -0.4 is 5.46 Å². The van der Waals surface area contributed by atoms with Gasteiger partial charge in [0.15, 0.2) is 6.29 Å². The monoisotopic (exact) mass is 204 g/mol. The molecule has 15 heavy (non-hydrogen) atoms. The van der Waals surface area contributed by atoms with Gasteiger partial charge in [-0.3, -0.25) is 0 Å². The maximum absolute atomic E-state index is 5.69. The summed E-state index contributed by atoms with van der Waals surface area (Å²) in [6, 6.07) is 8.44. The van der Waals surface area contributed by atoms with Gasteiger partial charge >= 0.3 is 0 Å². The fourth-order valence-electron chi connectivity index (χ4n) is 1.72. The van der Waals surface area contributed by atoms with Crippen molar-refractivity contribution in [2.75, 3.05) is 6.61 Å². The molecule has 1 fully saturated rings. The van der Waals surface area contributed by atoms with E-state index >= 15 is 0 Å². The molecule has 0 aromatic heterocycles. The van der Waals surface area contributed by atoms with E-state index in [1.807, 2.05) is 0 Å². The molecule has 0 N–H and O–H groups in total. The summed E-state index contributed by atoms with van der Waals surface area (Å²) in [7, 11) is 2.09. The average Bonchev–Trinajstić information content (AvgIpc) is 2.30. The molecule has 1 aromatic rings. The zero-order valence-electron chi connectivity index (χ0n) is 9.24. The normalized spacial score (nSPS) is 21.5. The van der Waals surface area contributed by atoms with E-state index in [-0.39, 0.29) is 6.29 Å². The highest BCUT2D eigenvalue weighted by Gasteiger charge is 2.13. The molecule has 0 spiro atoms. The smallest absolute Gasteiger partial charge is 0.158 e. The van der Waals surface area contributed by atoms with Crippen LogP contribution in [0.2, 0.25) is 0 Å². The summed E-state index contributed by atoms with van der Waals surface area (Å²) in [6.45, 7) is 1.50. The Labute approximate surface area is 92.0 Å². The van der Waals surface area contributed by atoms with Crippen LogP contribution in [0.3, 0.4) is 0 Å². The topological polar surface area (TPSA) is 18.5 Å². The minimum atomic E-state index is 0.0139. The van der Waals surface area contributed by atoms with E-state index in [0.29, 0.717) is 6.61 Å². The van der Waals surface area contributed by atoms with Gasteiger partial charge in [-0.05, 0) is 24.8 Å². The Bertz CT molecular complexity index is 291. The van der Waals surface area contributed by atoms with E-state index in [2.05, 4.69) is 32.1 Å². The van der Waals surface area contributed by atoms with Gasteiger partial charge in [0, 0.05) is 6.61 Å². The van der Waals surface area contributed by atoms with Crippen molar-refractivity contribution in [2.24, 2.45) is 0 Å². The zero-order valence-corrected chi connectivity index (χ0v) is 9.24. The van der Waals surface area contributed by atoms with Crippen molar-refractivity contribution >= 4 is 13.3 Å². The van der Waals surface area contributed by atoms with E-state index in [1.165, 1.54) is 23.9 Å². The average molecular weight is 204 g/mol. The molecule has 2 rings (SSSR count). The minimum absolute atomic E-state index is 0.0139. The van der Waals surface area contributed by atoms with Gasteiger partial charge in [-0.15, -0.1) is 0 Å². The summed E-state index contributed by atoms with van der Waals surface area (Å²) >= 11 is 0. The Morgan fingerprint density at radius 1 is 1.27 bits per heavy atom. The lowest BCUT2D eigenvalue weighted by Gasteiger charge is -2.22. The molecule has 2 nitrogen and oxygen atoms in total. The van der Waals surface area contributed by atoms with Crippen molar-refractivity contribution in [3.8, 4) is 0 Å². The number of benzene rings is 1. The van der Waals surface area contributed by atoms with Crippen LogP contribution in [0.4, 0.5) is 0 Å². The van der Waals surface area contributed by atoms with Crippen molar-refractivity contribution in [1.82, 2.24) is 0 Å². The molecule has 1 aliphatic rings. The van der Waals surface area contributed by atoms with Crippen LogP contribution in [0.5, 0.6) is 0 Å². The van der Waals surface area contributed by atoms with Crippen molar-refractivity contribution in [3.05, 3.63) is 29.8 Å². The second-order valence-corrected chi connectivity index (χ2v) is 4.09. The molecule has 1 atom stereocenters. The van der Waals surface area contributed by atoms with Crippen molar-refractivity contribution in [3.63, 3.8) is 0 Å². The third kappa shape index (κ3) is 3.36. The van der Waals surface area contributed by atoms with E-state index in [4.69, 9.17) is 9.47 Å². The van der Waals surface area contributed by atoms with Crippen LogP contribution >= 0.6 is 0 Å². The molecule has 1 aliphatic heterocycles. The standard InChI is InChI=1S/C12H17BO2/c13-11-6-4-10(5-7-11)9-15-12-3-1-2-8-14-12/h4-7,12H,1-3,8-9,13H2. The molecule has 3 heteroatoms. The molecular formula is C12H17BO2. The largest absolute Gasteiger partial charge is 0.353 e. The quantitative estimate of drug-likeness (QED) is 0.683. The molecule has 0 amide bonds. The highest BCUT2D eigenvalue weighted by Crippen LogP contribution is 2.15. The third-order valence-corrected chi connectivity index (χ3v) is 2.69. The van der Waals surface area contributed by atoms with E-state index in [0.717, 1.165) is 13.0 Å². The molecule has 1 aromatic carbocycles. The summed E-state index contributed by atoms with van der Waals surface area (Å²) in [4.78, 5) is 0. The number of rotatable bonds is 3. The SMILES string of the molecule is Bc1ccc(COC2CCCCO2)cc1. The summed E-state index contributed by atoms with van der Waals surface area (Å²) in [5.41, 5.74) is 2.50. The van der Waals surface area contributed by atoms with Crippen LogP contribution in [0, 0.1) is 0 Å². The number of hydrogen-bond donors (Lipinski definition) is 0. The maximum Gasteiger partial charge on any atom is 0.158 e. The van der Waals surface area contributed by atoms with Crippen molar-refractivity contribution < 1.29 is 9.47 Å². The van der Waals surface area contributed by atoms with Crippen LogP contribution in [-0.4, -0.2) is 20.7 Å². The minimum Gasteiger partial charge on any atom is -0.353 e. The first-order valence-electron chi connectivity index (χ1n) is 5.63. The molecule has 1 unspecified atom stereocenters. The van der Waals surface area contributed by atoms with Crippen LogP contribution in [-0.2, 0) is 16.1 Å². The maximum atomic E-state index is 5.69. The third-order valence-electron chi connectivity index (χ3n) is 2.69. The Hall–Kier alpha value is -0.795. The Morgan fingerprint density at radius 3 is 2.73 bits per heavy atom. The molecule has 0 radical (unpaired) electrons. The molecule has 0 aliphatic carbocycles. The second-order valence-electron chi connectivity index (χ2n) is 4.09. The fraction of sp³-hybridized carbons (Fsp3) is 0.500. The first-order chi connectivity index (χ1) is 7.34. The van der Waals surface area contributed by atoms with Crippen molar-refractivity contribution in [2.45, 2.75) is 32.2 Å². The van der Waals surface area contributed by atoms with Gasteiger partial charge in [0.05, 0.1) is 6.61 Å². The van der Waals surface area contributed by atoms with Gasteiger partial charge in [0.1, 0.15) is 7.85 Å². The predicted molar refractivity (Wildman–Crippen MR) is 63.0 cm³/mol. The first-order valence-corrected chi connectivity index (χ1v) is 5.63. The summed E-state index contributed by atoms with van der Waals surface area (Å²) in [5, 5.41) is 0. The van der Waals surface area contributed by atoms with Crippen LogP contribution in [0.1, 0.15) is 24.8 Å². The molecule has 0 bridgehead atoms. The predicted octanol–water partition coefficient (Wildman–Crippen LogP) is 0.988. The van der Waals surface area contributed by atoms with Gasteiger partial charge in [0.2, 0.25) is 0 Å². The number of hydrogen-bond acceptors (Lipinski definition) is 2. The van der Waals surface area contributed by atoms with Crippen LogP contribution in [0.15, 0.2) is 24.3 Å². The molecular weight excluding hydrogens is 187 g/mol. The van der Waals surface area contributed by atoms with E-state index in [1.54, 1.807) is 0 Å². The highest BCUT2D eigenvalue weighted by atomic mass is 16.7. The summed E-state index contributed by atoms with van der Waals surface area (Å²) in [6.07, 6.45) is 3.44. The Kier molecular flexibility index (Phi) is 3.81. The van der Waals surface area contributed by atoms with Gasteiger partial charge in [-0.2, -0.15) is 0 Å². The van der Waals surface area contributed by atoms with Crippen LogP contribution in [0.25, 0.3) is 0 Å². The molecule has 1 saturated heterocycles. The summed E-state index contributed by atoms with van der Waals surface area (Å²) in [5.74, 6) is 0. The second kappa shape index (κ2) is 5.33. The zero-order chi connectivity index (χ0) is 10.5. The van der Waals surface area contributed by atoms with E-state index in [9.17, 15) is 0 Å². The summed E-state index contributed by atoms with van der Waals surface area (Å²) < 4.78 is 11.2. The molecule has 1 heterocycles. The fourth-order valence-corrected chi connectivity index (χ4v) is 1.72. The first kappa shape index (κ1) is 10.7. The van der Waals surface area contributed by atoms with E-state index < -0.39 is 0 Å². The lowest BCUT2D eigenvalue weighted by molar-refractivity contribution is -0.168. The van der Waals surface area contributed by atoms with Gasteiger partial charge in [0.25, 0.3) is 0 Å². The molecule has 0 saturated carbocycles. The lowest BCUT2D eigenvalue weighted by atomic mass is 9.95. The van der Waals surface area contributed by atoms with Gasteiger partial charge in [-0.1, -0.05) is 29.7 Å². The Balaban J connectivity index is 1.79. The Morgan fingerprint density at radius 2 is 2.07 bits per heavy atom. The van der Waals surface area contributed by atoms with Gasteiger partial charge < -0.3 is 9.47 Å². The van der Waals surface area contributed by atoms with Gasteiger partial charge in [-0.25, -0.2) is 0 Å².